The summed E-state index contributed by atoms with van der Waals surface area (Å²) in [6.07, 6.45) is 1.54. The molecule has 3 rings (SSSR count). The quantitative estimate of drug-likeness (QED) is 0.760. The predicted octanol–water partition coefficient (Wildman–Crippen LogP) is 4.46. The zero-order chi connectivity index (χ0) is 12.9. The molecule has 18 heavy (non-hydrogen) atoms. The summed E-state index contributed by atoms with van der Waals surface area (Å²) < 4.78 is 0. The molecule has 4 heteroatoms. The van der Waals surface area contributed by atoms with E-state index in [0.29, 0.717) is 11.4 Å². The number of carbonyl (C=O) groups is 1. The first-order chi connectivity index (χ1) is 8.44. The van der Waals surface area contributed by atoms with Crippen molar-refractivity contribution in [3.8, 4) is 0 Å². The molecule has 1 aromatic carbocycles. The van der Waals surface area contributed by atoms with Crippen molar-refractivity contribution in [2.75, 3.05) is 5.32 Å². The summed E-state index contributed by atoms with van der Waals surface area (Å²) in [6, 6.07) is 5.75. The van der Waals surface area contributed by atoms with Crippen LogP contribution in [0.4, 0.5) is 5.69 Å². The molecule has 0 atom stereocenters. The lowest BCUT2D eigenvalue weighted by atomic mass is 9.78. The fourth-order valence-electron chi connectivity index (χ4n) is 2.48. The monoisotopic (exact) mass is 279 g/mol. The van der Waals surface area contributed by atoms with Crippen molar-refractivity contribution < 1.29 is 4.79 Å². The molecule has 1 heterocycles. The van der Waals surface area contributed by atoms with E-state index in [2.05, 4.69) is 19.2 Å². The molecule has 2 nitrogen and oxygen atoms in total. The van der Waals surface area contributed by atoms with Crippen molar-refractivity contribution >= 4 is 34.8 Å². The van der Waals surface area contributed by atoms with Crippen LogP contribution in [-0.4, -0.2) is 5.78 Å². The highest BCUT2D eigenvalue weighted by atomic mass is 35.5. The normalized spacial score (nSPS) is 21.2. The molecular weight excluding hydrogens is 266 g/mol. The van der Waals surface area contributed by atoms with Crippen LogP contribution >= 0.6 is 23.4 Å². The van der Waals surface area contributed by atoms with E-state index < -0.39 is 0 Å². The first-order valence-electron chi connectivity index (χ1n) is 5.95. The summed E-state index contributed by atoms with van der Waals surface area (Å²) in [5.41, 5.74) is 2.16. The minimum Gasteiger partial charge on any atom is -0.357 e. The number of Topliss-reactive ketones (excluding diaryl/α,β-unsaturated/α-hetero) is 1. The number of thioether (sulfide) groups is 1. The maximum atomic E-state index is 12.2. The summed E-state index contributed by atoms with van der Waals surface area (Å²) >= 11 is 7.54. The Morgan fingerprint density at radius 2 is 2.11 bits per heavy atom. The zero-order valence-corrected chi connectivity index (χ0v) is 11.9. The topological polar surface area (TPSA) is 29.1 Å². The molecule has 1 aliphatic heterocycles. The molecular formula is C14H14ClNOS. The maximum Gasteiger partial charge on any atom is 0.171 e. The lowest BCUT2D eigenvalue weighted by Crippen LogP contribution is -2.28. The highest BCUT2D eigenvalue weighted by Crippen LogP contribution is 2.48. The second-order valence-corrected chi connectivity index (χ2v) is 7.10. The van der Waals surface area contributed by atoms with Crippen molar-refractivity contribution in [1.29, 1.82) is 0 Å². The number of nitrogens with one attached hydrogen (secondary N) is 1. The number of allylic oxidation sites excluding steroid dienone is 2. The second kappa shape index (κ2) is 4.04. The Morgan fingerprint density at radius 3 is 2.89 bits per heavy atom. The Labute approximate surface area is 116 Å². The molecule has 94 valence electrons. The summed E-state index contributed by atoms with van der Waals surface area (Å²) in [7, 11) is 0. The van der Waals surface area contributed by atoms with Crippen molar-refractivity contribution in [1.82, 2.24) is 0 Å². The van der Waals surface area contributed by atoms with Gasteiger partial charge in [0, 0.05) is 22.0 Å². The van der Waals surface area contributed by atoms with E-state index >= 15 is 0 Å². The summed E-state index contributed by atoms with van der Waals surface area (Å²) in [5, 5.41) is 4.10. The van der Waals surface area contributed by atoms with E-state index in [1.165, 1.54) is 0 Å². The Balaban J connectivity index is 2.02. The van der Waals surface area contributed by atoms with Gasteiger partial charge in [0.1, 0.15) is 0 Å². The number of ketones is 1. The summed E-state index contributed by atoms with van der Waals surface area (Å²) in [5.74, 6) is 0.240. The van der Waals surface area contributed by atoms with Gasteiger partial charge in [0.2, 0.25) is 0 Å². The number of carbonyl (C=O) groups excluding carboxylic acids is 1. The highest BCUT2D eigenvalue weighted by molar-refractivity contribution is 8.04. The van der Waals surface area contributed by atoms with Gasteiger partial charge in [0.05, 0.1) is 10.6 Å². The Hall–Kier alpha value is -0.930. The van der Waals surface area contributed by atoms with Crippen LogP contribution in [0.25, 0.3) is 0 Å². The number of benzene rings is 1. The first-order valence-corrected chi connectivity index (χ1v) is 7.15. The van der Waals surface area contributed by atoms with Crippen LogP contribution in [0.15, 0.2) is 33.7 Å². The van der Waals surface area contributed by atoms with E-state index in [0.717, 1.165) is 27.6 Å². The van der Waals surface area contributed by atoms with Crippen LogP contribution in [0.3, 0.4) is 0 Å². The second-order valence-electron chi connectivity index (χ2n) is 5.62. The number of halogens is 1. The molecule has 0 aromatic heterocycles. The van der Waals surface area contributed by atoms with E-state index in [4.69, 9.17) is 11.6 Å². The lowest BCUT2D eigenvalue weighted by Gasteiger charge is -2.35. The van der Waals surface area contributed by atoms with Crippen molar-refractivity contribution in [2.24, 2.45) is 5.41 Å². The molecule has 0 saturated carbocycles. The van der Waals surface area contributed by atoms with E-state index in [1.54, 1.807) is 11.8 Å². The SMILES string of the molecule is CC1(C)CC(=O)C2=C(C1)Nc1ccc(Cl)cc1S2. The molecule has 1 N–H and O–H groups in total. The number of anilines is 1. The zero-order valence-electron chi connectivity index (χ0n) is 10.3. The van der Waals surface area contributed by atoms with Crippen LogP contribution < -0.4 is 5.32 Å². The number of hydrogen-bond donors (Lipinski definition) is 1. The fraction of sp³-hybridized carbons (Fsp3) is 0.357. The molecule has 1 aliphatic carbocycles. The van der Waals surface area contributed by atoms with E-state index in [1.807, 2.05) is 18.2 Å². The van der Waals surface area contributed by atoms with Crippen LogP contribution in [0.2, 0.25) is 5.02 Å². The molecule has 0 fully saturated rings. The molecule has 0 unspecified atom stereocenters. The van der Waals surface area contributed by atoms with Crippen LogP contribution in [0.5, 0.6) is 0 Å². The van der Waals surface area contributed by atoms with Gasteiger partial charge in [-0.05, 0) is 30.0 Å². The van der Waals surface area contributed by atoms with Gasteiger partial charge in [-0.2, -0.15) is 0 Å². The third-order valence-electron chi connectivity index (χ3n) is 3.26. The Bertz CT molecular complexity index is 577. The van der Waals surface area contributed by atoms with Gasteiger partial charge in [-0.25, -0.2) is 0 Å². The van der Waals surface area contributed by atoms with Gasteiger partial charge in [-0.15, -0.1) is 0 Å². The van der Waals surface area contributed by atoms with Crippen LogP contribution in [-0.2, 0) is 4.79 Å². The third kappa shape index (κ3) is 2.06. The van der Waals surface area contributed by atoms with E-state index in [-0.39, 0.29) is 11.2 Å². The maximum absolute atomic E-state index is 12.2. The van der Waals surface area contributed by atoms with Gasteiger partial charge >= 0.3 is 0 Å². The molecule has 0 amide bonds. The number of hydrogen-bond acceptors (Lipinski definition) is 3. The van der Waals surface area contributed by atoms with E-state index in [9.17, 15) is 4.79 Å². The van der Waals surface area contributed by atoms with Crippen molar-refractivity contribution in [3.63, 3.8) is 0 Å². The minimum absolute atomic E-state index is 0.0490. The lowest BCUT2D eigenvalue weighted by molar-refractivity contribution is -0.117. The fourth-order valence-corrected chi connectivity index (χ4v) is 3.78. The van der Waals surface area contributed by atoms with Crippen molar-refractivity contribution in [3.05, 3.63) is 33.8 Å². The molecule has 2 aliphatic rings. The van der Waals surface area contributed by atoms with Gasteiger partial charge in [0.25, 0.3) is 0 Å². The highest BCUT2D eigenvalue weighted by Gasteiger charge is 2.35. The molecule has 0 spiro atoms. The average molecular weight is 280 g/mol. The van der Waals surface area contributed by atoms with Crippen LogP contribution in [0, 0.1) is 5.41 Å². The third-order valence-corrected chi connectivity index (χ3v) is 4.73. The summed E-state index contributed by atoms with van der Waals surface area (Å²) in [6.45, 7) is 4.27. The molecule has 0 saturated heterocycles. The van der Waals surface area contributed by atoms with Gasteiger partial charge in [0.15, 0.2) is 5.78 Å². The predicted molar refractivity (Wildman–Crippen MR) is 76.0 cm³/mol. The van der Waals surface area contributed by atoms with Gasteiger partial charge in [-0.1, -0.05) is 37.2 Å². The Morgan fingerprint density at radius 1 is 1.33 bits per heavy atom. The molecule has 0 radical (unpaired) electrons. The Kier molecular flexibility index (Phi) is 2.72. The smallest absolute Gasteiger partial charge is 0.171 e. The summed E-state index contributed by atoms with van der Waals surface area (Å²) in [4.78, 5) is 14.1. The minimum atomic E-state index is 0.0490. The average Bonchev–Trinajstić information content (AvgIpc) is 2.26. The van der Waals surface area contributed by atoms with Gasteiger partial charge < -0.3 is 5.32 Å². The molecule has 1 aromatic rings. The first kappa shape index (κ1) is 12.1. The van der Waals surface area contributed by atoms with Crippen LogP contribution in [0.1, 0.15) is 26.7 Å². The van der Waals surface area contributed by atoms with Gasteiger partial charge in [-0.3, -0.25) is 4.79 Å². The van der Waals surface area contributed by atoms with Crippen molar-refractivity contribution in [2.45, 2.75) is 31.6 Å². The number of fused-ring (bicyclic) bond motifs is 1. The number of rotatable bonds is 0. The standard InChI is InChI=1S/C14H14ClNOS/c1-14(2)6-10-13(11(17)7-14)18-12-5-8(15)3-4-9(12)16-10/h3-5,16H,6-7H2,1-2H3. The molecule has 0 bridgehead atoms. The largest absolute Gasteiger partial charge is 0.357 e.